The zero-order valence-electron chi connectivity index (χ0n) is 11.8. The molecule has 0 heterocycles. The number of carbonyl (C=O) groups is 1. The Morgan fingerprint density at radius 2 is 1.94 bits per heavy atom. The first-order valence-corrected chi connectivity index (χ1v) is 6.59. The Hall–Kier alpha value is -0.860. The average molecular weight is 268 g/mol. The summed E-state index contributed by atoms with van der Waals surface area (Å²) in [7, 11) is 2.03. The molecule has 0 fully saturated rings. The van der Waals surface area contributed by atoms with Crippen LogP contribution in [0.4, 0.5) is 0 Å². The fraction of sp³-hybridized carbons (Fsp3) is 0.533. The molecule has 0 aliphatic heterocycles. The molecular formula is C15H22ClNO. The smallest absolute Gasteiger partial charge is 0.136 e. The zero-order valence-corrected chi connectivity index (χ0v) is 12.6. The number of Topliss-reactive ketones (excluding diaryl/α,β-unsaturated/α-hetero) is 1. The van der Waals surface area contributed by atoms with Crippen LogP contribution >= 0.6 is 11.6 Å². The molecule has 0 saturated heterocycles. The van der Waals surface area contributed by atoms with Crippen molar-refractivity contribution in [2.45, 2.75) is 33.7 Å². The topological polar surface area (TPSA) is 20.3 Å². The Balaban J connectivity index is 2.83. The Bertz CT molecular complexity index is 428. The van der Waals surface area contributed by atoms with E-state index in [2.05, 4.69) is 11.8 Å². The molecule has 1 unspecified atom stereocenters. The summed E-state index contributed by atoms with van der Waals surface area (Å²) >= 11 is 6.20. The van der Waals surface area contributed by atoms with E-state index in [0.29, 0.717) is 6.54 Å². The zero-order chi connectivity index (χ0) is 13.9. The van der Waals surface area contributed by atoms with Gasteiger partial charge in [0.05, 0.1) is 0 Å². The first kappa shape index (κ1) is 15.2. The summed E-state index contributed by atoms with van der Waals surface area (Å²) in [5.41, 5.74) is 0.769. The molecule has 100 valence electrons. The lowest BCUT2D eigenvalue weighted by Gasteiger charge is -2.32. The monoisotopic (exact) mass is 267 g/mol. The lowest BCUT2D eigenvalue weighted by molar-refractivity contribution is -0.125. The maximum Gasteiger partial charge on any atom is 0.136 e. The van der Waals surface area contributed by atoms with Gasteiger partial charge in [0.25, 0.3) is 0 Å². The number of hydrogen-bond acceptors (Lipinski definition) is 2. The fourth-order valence-electron chi connectivity index (χ4n) is 1.92. The van der Waals surface area contributed by atoms with Crippen LogP contribution in [0.15, 0.2) is 24.3 Å². The SMILES string of the molecule is CC(=O)C(C)(C)CN(C)C(C)c1ccccc1Cl. The lowest BCUT2D eigenvalue weighted by Crippen LogP contribution is -2.37. The minimum absolute atomic E-state index is 0.192. The van der Waals surface area contributed by atoms with Gasteiger partial charge >= 0.3 is 0 Å². The molecule has 0 spiro atoms. The highest BCUT2D eigenvalue weighted by atomic mass is 35.5. The van der Waals surface area contributed by atoms with Crippen LogP contribution < -0.4 is 0 Å². The van der Waals surface area contributed by atoms with Crippen molar-refractivity contribution in [3.8, 4) is 0 Å². The molecule has 3 heteroatoms. The Morgan fingerprint density at radius 3 is 2.44 bits per heavy atom. The third-order valence-corrected chi connectivity index (χ3v) is 3.96. The summed E-state index contributed by atoms with van der Waals surface area (Å²) in [6, 6.07) is 8.04. The van der Waals surface area contributed by atoms with Gasteiger partial charge in [-0.3, -0.25) is 9.69 Å². The van der Waals surface area contributed by atoms with Gasteiger partial charge in [0.15, 0.2) is 0 Å². The highest BCUT2D eigenvalue weighted by Crippen LogP contribution is 2.28. The van der Waals surface area contributed by atoms with E-state index in [4.69, 9.17) is 11.6 Å². The van der Waals surface area contributed by atoms with Gasteiger partial charge in [-0.2, -0.15) is 0 Å². The Kier molecular flexibility index (Phi) is 4.94. The first-order chi connectivity index (χ1) is 8.25. The van der Waals surface area contributed by atoms with Gasteiger partial charge in [-0.15, -0.1) is 0 Å². The van der Waals surface area contributed by atoms with E-state index in [1.807, 2.05) is 45.2 Å². The molecular weight excluding hydrogens is 246 g/mol. The van der Waals surface area contributed by atoms with Crippen LogP contribution in [0.3, 0.4) is 0 Å². The molecule has 0 aliphatic carbocycles. The molecule has 0 saturated carbocycles. The summed E-state index contributed by atoms with van der Waals surface area (Å²) in [6.45, 7) is 8.43. The summed E-state index contributed by atoms with van der Waals surface area (Å²) in [5, 5.41) is 0.775. The van der Waals surface area contributed by atoms with Crippen molar-refractivity contribution in [3.63, 3.8) is 0 Å². The van der Waals surface area contributed by atoms with Crippen molar-refractivity contribution in [3.05, 3.63) is 34.9 Å². The molecule has 0 aliphatic rings. The van der Waals surface area contributed by atoms with E-state index in [1.54, 1.807) is 6.92 Å². The lowest BCUT2D eigenvalue weighted by atomic mass is 9.88. The van der Waals surface area contributed by atoms with Gasteiger partial charge in [-0.25, -0.2) is 0 Å². The van der Waals surface area contributed by atoms with Crippen molar-refractivity contribution < 1.29 is 4.79 Å². The van der Waals surface area contributed by atoms with Gasteiger partial charge in [-0.05, 0) is 32.5 Å². The fourth-order valence-corrected chi connectivity index (χ4v) is 2.22. The van der Waals surface area contributed by atoms with E-state index in [1.165, 1.54) is 0 Å². The molecule has 0 radical (unpaired) electrons. The number of nitrogens with zero attached hydrogens (tertiary/aromatic N) is 1. The van der Waals surface area contributed by atoms with Gasteiger partial charge in [0.2, 0.25) is 0 Å². The highest BCUT2D eigenvalue weighted by molar-refractivity contribution is 6.31. The minimum Gasteiger partial charge on any atom is -0.299 e. The van der Waals surface area contributed by atoms with Gasteiger partial charge in [0.1, 0.15) is 5.78 Å². The van der Waals surface area contributed by atoms with Gasteiger partial charge in [-0.1, -0.05) is 43.6 Å². The Morgan fingerprint density at radius 1 is 1.39 bits per heavy atom. The number of carbonyl (C=O) groups excluding carboxylic acids is 1. The standard InChI is InChI=1S/C15H22ClNO/c1-11(13-8-6-7-9-14(13)16)17(5)10-15(3,4)12(2)18/h6-9,11H,10H2,1-5H3. The molecule has 1 aromatic carbocycles. The van der Waals surface area contributed by atoms with Crippen molar-refractivity contribution in [1.29, 1.82) is 0 Å². The molecule has 1 aromatic rings. The predicted molar refractivity (Wildman–Crippen MR) is 77.0 cm³/mol. The molecule has 1 rings (SSSR count). The molecule has 1 atom stereocenters. The quantitative estimate of drug-likeness (QED) is 0.805. The molecule has 0 N–H and O–H groups in total. The second-order valence-corrected chi connectivity index (χ2v) is 5.96. The van der Waals surface area contributed by atoms with Crippen LogP contribution in [0.2, 0.25) is 5.02 Å². The summed E-state index contributed by atoms with van der Waals surface area (Å²) in [6.07, 6.45) is 0. The van der Waals surface area contributed by atoms with Crippen molar-refractivity contribution in [2.75, 3.05) is 13.6 Å². The Labute approximate surface area is 115 Å². The molecule has 0 bridgehead atoms. The van der Waals surface area contributed by atoms with Crippen LogP contribution in [-0.4, -0.2) is 24.3 Å². The molecule has 0 aromatic heterocycles. The number of rotatable bonds is 5. The summed E-state index contributed by atoms with van der Waals surface area (Å²) in [4.78, 5) is 13.7. The van der Waals surface area contributed by atoms with Crippen LogP contribution in [0, 0.1) is 5.41 Å². The second kappa shape index (κ2) is 5.85. The first-order valence-electron chi connectivity index (χ1n) is 6.21. The van der Waals surface area contributed by atoms with Crippen molar-refractivity contribution in [1.82, 2.24) is 4.90 Å². The number of benzene rings is 1. The number of halogens is 1. The summed E-state index contributed by atoms with van der Waals surface area (Å²) in [5.74, 6) is 0.209. The maximum atomic E-state index is 11.6. The van der Waals surface area contributed by atoms with E-state index >= 15 is 0 Å². The number of hydrogen-bond donors (Lipinski definition) is 0. The van der Waals surface area contributed by atoms with Crippen LogP contribution in [0.25, 0.3) is 0 Å². The van der Waals surface area contributed by atoms with E-state index in [9.17, 15) is 4.79 Å². The summed E-state index contributed by atoms with van der Waals surface area (Å²) < 4.78 is 0. The molecule has 18 heavy (non-hydrogen) atoms. The third-order valence-electron chi connectivity index (χ3n) is 3.61. The third kappa shape index (κ3) is 3.56. The van der Waals surface area contributed by atoms with Crippen LogP contribution in [-0.2, 0) is 4.79 Å². The van der Waals surface area contributed by atoms with E-state index < -0.39 is 0 Å². The maximum absolute atomic E-state index is 11.6. The van der Waals surface area contributed by atoms with E-state index in [0.717, 1.165) is 10.6 Å². The van der Waals surface area contributed by atoms with Crippen LogP contribution in [0.5, 0.6) is 0 Å². The molecule has 0 amide bonds. The second-order valence-electron chi connectivity index (χ2n) is 5.55. The van der Waals surface area contributed by atoms with Gasteiger partial charge in [0, 0.05) is 23.0 Å². The normalized spacial score (nSPS) is 13.7. The highest BCUT2D eigenvalue weighted by Gasteiger charge is 2.27. The largest absolute Gasteiger partial charge is 0.299 e. The van der Waals surface area contributed by atoms with Crippen molar-refractivity contribution in [2.24, 2.45) is 5.41 Å². The predicted octanol–water partition coefficient (Wildman–Crippen LogP) is 3.95. The number of ketones is 1. The van der Waals surface area contributed by atoms with Crippen molar-refractivity contribution >= 4 is 17.4 Å². The molecule has 2 nitrogen and oxygen atoms in total. The average Bonchev–Trinajstić information content (AvgIpc) is 2.28. The van der Waals surface area contributed by atoms with Crippen LogP contribution in [0.1, 0.15) is 39.3 Å². The van der Waals surface area contributed by atoms with Gasteiger partial charge < -0.3 is 0 Å². The minimum atomic E-state index is -0.329. The van der Waals surface area contributed by atoms with E-state index in [-0.39, 0.29) is 17.2 Å².